The van der Waals surface area contributed by atoms with Crippen LogP contribution in [0, 0.1) is 5.92 Å². The molecule has 2 aliphatic rings. The molecule has 2 heterocycles. The average molecular weight is 380 g/mol. The highest BCUT2D eigenvalue weighted by Gasteiger charge is 2.50. The second kappa shape index (κ2) is 9.00. The van der Waals surface area contributed by atoms with Crippen LogP contribution in [0.15, 0.2) is 0 Å². The van der Waals surface area contributed by atoms with Gasteiger partial charge in [0.25, 0.3) is 0 Å². The molecule has 10 heteroatoms. The number of Topliss-reactive ketones (excluding diaryl/α,β-unsaturated/α-hetero) is 1. The summed E-state index contributed by atoms with van der Waals surface area (Å²) in [5.74, 6) is -0.928. The largest absolute Gasteiger partial charge is 0.394 e. The van der Waals surface area contributed by atoms with Crippen molar-refractivity contribution in [2.45, 2.75) is 75.6 Å². The van der Waals surface area contributed by atoms with Gasteiger partial charge in [-0.15, -0.1) is 0 Å². The van der Waals surface area contributed by atoms with Crippen LogP contribution >= 0.6 is 0 Å². The van der Waals surface area contributed by atoms with Crippen LogP contribution in [0.25, 0.3) is 0 Å². The Morgan fingerprint density at radius 1 is 1.00 bits per heavy atom. The van der Waals surface area contributed by atoms with Crippen molar-refractivity contribution in [1.29, 1.82) is 0 Å². The van der Waals surface area contributed by atoms with Gasteiger partial charge < -0.3 is 49.3 Å². The molecule has 0 aromatic heterocycles. The molecular weight excluding hydrogens is 352 g/mol. The molecule has 0 bridgehead atoms. The summed E-state index contributed by atoms with van der Waals surface area (Å²) < 4.78 is 21.8. The van der Waals surface area contributed by atoms with E-state index in [9.17, 15) is 30.3 Å². The summed E-state index contributed by atoms with van der Waals surface area (Å²) in [5, 5.41) is 49.7. The number of hydrogen-bond acceptors (Lipinski definition) is 10. The van der Waals surface area contributed by atoms with E-state index < -0.39 is 67.8 Å². The third-order valence-electron chi connectivity index (χ3n) is 4.83. The van der Waals surface area contributed by atoms with Crippen molar-refractivity contribution >= 4 is 5.78 Å². The summed E-state index contributed by atoms with van der Waals surface area (Å²) in [4.78, 5) is 11.6. The van der Waals surface area contributed by atoms with Crippen LogP contribution in [0.4, 0.5) is 0 Å². The highest BCUT2D eigenvalue weighted by molar-refractivity contribution is 5.75. The van der Waals surface area contributed by atoms with Crippen LogP contribution in [0.5, 0.6) is 0 Å². The first-order valence-electron chi connectivity index (χ1n) is 8.53. The van der Waals surface area contributed by atoms with E-state index in [0.29, 0.717) is 0 Å². The molecule has 2 saturated heterocycles. The monoisotopic (exact) mass is 380 g/mol. The van der Waals surface area contributed by atoms with Crippen LogP contribution in [-0.4, -0.2) is 100 Å². The van der Waals surface area contributed by atoms with Gasteiger partial charge in [0.05, 0.1) is 18.8 Å². The molecule has 2 fully saturated rings. The zero-order chi connectivity index (χ0) is 19.6. The predicted molar refractivity (Wildman–Crippen MR) is 84.8 cm³/mol. The molecule has 5 N–H and O–H groups in total. The second-order valence-corrected chi connectivity index (χ2v) is 6.80. The van der Waals surface area contributed by atoms with Gasteiger partial charge in [-0.25, -0.2) is 0 Å². The van der Waals surface area contributed by atoms with Gasteiger partial charge in [0, 0.05) is 19.4 Å². The Kier molecular flexibility index (Phi) is 7.48. The molecule has 0 amide bonds. The van der Waals surface area contributed by atoms with E-state index in [-0.39, 0.29) is 12.2 Å². The van der Waals surface area contributed by atoms with Gasteiger partial charge in [-0.2, -0.15) is 0 Å². The number of rotatable bonds is 6. The van der Waals surface area contributed by atoms with Crippen molar-refractivity contribution in [2.75, 3.05) is 13.7 Å². The third-order valence-corrected chi connectivity index (χ3v) is 4.83. The zero-order valence-corrected chi connectivity index (χ0v) is 15.0. The summed E-state index contributed by atoms with van der Waals surface area (Å²) in [7, 11) is 1.36. The first-order chi connectivity index (χ1) is 12.2. The number of ether oxygens (including phenoxy) is 4. The lowest BCUT2D eigenvalue weighted by atomic mass is 9.87. The first-order valence-corrected chi connectivity index (χ1v) is 8.53. The van der Waals surface area contributed by atoms with E-state index in [0.717, 1.165) is 0 Å². The fraction of sp³-hybridized carbons (Fsp3) is 0.938. The van der Waals surface area contributed by atoms with Gasteiger partial charge in [-0.1, -0.05) is 0 Å². The molecule has 2 rings (SSSR count). The van der Waals surface area contributed by atoms with Gasteiger partial charge in [-0.05, 0) is 13.8 Å². The smallest absolute Gasteiger partial charge is 0.186 e. The number of aliphatic hydroxyl groups excluding tert-OH is 5. The van der Waals surface area contributed by atoms with Crippen LogP contribution < -0.4 is 0 Å². The molecule has 0 spiro atoms. The Hall–Kier alpha value is -0.690. The normalized spacial score (nSPS) is 46.9. The molecule has 0 aliphatic carbocycles. The summed E-state index contributed by atoms with van der Waals surface area (Å²) in [5.41, 5.74) is 0. The van der Waals surface area contributed by atoms with Crippen molar-refractivity contribution in [1.82, 2.24) is 0 Å². The Morgan fingerprint density at radius 2 is 1.65 bits per heavy atom. The standard InChI is InChI=1S/C16H28O10/c1-6(18)4-8-14(11(20)9(5-17)25-15(8)23-3)26-16-13(22)12(21)10(19)7(2)24-16/h7-17,19-22H,4-5H2,1-3H3/t7-,8+,9+,10+,11+,12+,13-,14+,15+,16-/m0/s1. The molecule has 10 nitrogen and oxygen atoms in total. The Morgan fingerprint density at radius 3 is 2.19 bits per heavy atom. The van der Waals surface area contributed by atoms with Crippen LogP contribution in [0.1, 0.15) is 20.3 Å². The first kappa shape index (κ1) is 21.6. The number of carbonyl (C=O) groups is 1. The van der Waals surface area contributed by atoms with E-state index in [1.165, 1.54) is 21.0 Å². The quantitative estimate of drug-likeness (QED) is 0.334. The summed E-state index contributed by atoms with van der Waals surface area (Å²) in [6.45, 7) is 2.35. The Labute approximate surface area is 151 Å². The molecular formula is C16H28O10. The number of methoxy groups -OCH3 is 1. The van der Waals surface area contributed by atoms with Crippen molar-refractivity contribution in [2.24, 2.45) is 5.92 Å². The number of carbonyl (C=O) groups excluding carboxylic acids is 1. The molecule has 0 aromatic rings. The maximum atomic E-state index is 11.6. The molecule has 152 valence electrons. The SMILES string of the molecule is CO[C@@H]1O[C@H](CO)[C@@H](O)[C@H](O[C@@H]2O[C@@H](C)[C@@H](O)[C@@H](O)[C@@H]2O)[C@H]1CC(C)=O. The third kappa shape index (κ3) is 4.41. The Bertz CT molecular complexity index is 474. The molecule has 0 radical (unpaired) electrons. The molecule has 0 saturated carbocycles. The van der Waals surface area contributed by atoms with E-state index in [1.807, 2.05) is 0 Å². The molecule has 10 atom stereocenters. The minimum atomic E-state index is -1.57. The predicted octanol–water partition coefficient (Wildman–Crippen LogP) is -2.48. The second-order valence-electron chi connectivity index (χ2n) is 6.80. The van der Waals surface area contributed by atoms with Crippen molar-refractivity contribution in [3.05, 3.63) is 0 Å². The maximum absolute atomic E-state index is 11.6. The lowest BCUT2D eigenvalue weighted by Gasteiger charge is -2.47. The van der Waals surface area contributed by atoms with Crippen LogP contribution in [0.2, 0.25) is 0 Å². The molecule has 0 unspecified atom stereocenters. The van der Waals surface area contributed by atoms with E-state index in [2.05, 4.69) is 0 Å². The van der Waals surface area contributed by atoms with Crippen molar-refractivity contribution < 1.29 is 49.3 Å². The fourth-order valence-electron chi connectivity index (χ4n) is 3.36. The van der Waals surface area contributed by atoms with Gasteiger partial charge in [0.2, 0.25) is 0 Å². The van der Waals surface area contributed by atoms with Crippen LogP contribution in [0.3, 0.4) is 0 Å². The minimum Gasteiger partial charge on any atom is -0.394 e. The van der Waals surface area contributed by atoms with Gasteiger partial charge in [0.1, 0.15) is 36.3 Å². The lowest BCUT2D eigenvalue weighted by Crippen LogP contribution is -2.62. The highest BCUT2D eigenvalue weighted by atomic mass is 16.7. The van der Waals surface area contributed by atoms with Gasteiger partial charge in [-0.3, -0.25) is 0 Å². The van der Waals surface area contributed by atoms with Crippen LogP contribution in [-0.2, 0) is 23.7 Å². The number of ketones is 1. The summed E-state index contributed by atoms with van der Waals surface area (Å²) in [6, 6.07) is 0. The fourth-order valence-corrected chi connectivity index (χ4v) is 3.36. The van der Waals surface area contributed by atoms with Crippen molar-refractivity contribution in [3.63, 3.8) is 0 Å². The van der Waals surface area contributed by atoms with Gasteiger partial charge in [0.15, 0.2) is 12.6 Å². The van der Waals surface area contributed by atoms with E-state index in [1.54, 1.807) is 0 Å². The average Bonchev–Trinajstić information content (AvgIpc) is 2.60. The van der Waals surface area contributed by atoms with Gasteiger partial charge >= 0.3 is 0 Å². The lowest BCUT2D eigenvalue weighted by molar-refractivity contribution is -0.347. The summed E-state index contributed by atoms with van der Waals surface area (Å²) in [6.07, 6.45) is -11.0. The topological polar surface area (TPSA) is 155 Å². The molecule has 2 aliphatic heterocycles. The maximum Gasteiger partial charge on any atom is 0.186 e. The minimum absolute atomic E-state index is 0.0398. The van der Waals surface area contributed by atoms with Crippen molar-refractivity contribution in [3.8, 4) is 0 Å². The summed E-state index contributed by atoms with van der Waals surface area (Å²) >= 11 is 0. The Balaban J connectivity index is 2.23. The highest BCUT2D eigenvalue weighted by Crippen LogP contribution is 2.34. The zero-order valence-electron chi connectivity index (χ0n) is 15.0. The van der Waals surface area contributed by atoms with E-state index >= 15 is 0 Å². The van der Waals surface area contributed by atoms with E-state index in [4.69, 9.17) is 18.9 Å². The number of aliphatic hydroxyl groups is 5. The molecule has 0 aromatic carbocycles. The molecule has 26 heavy (non-hydrogen) atoms. The number of hydrogen-bond donors (Lipinski definition) is 5.